The molecule has 0 aromatic heterocycles. The predicted octanol–water partition coefficient (Wildman–Crippen LogP) is 8.78. The summed E-state index contributed by atoms with van der Waals surface area (Å²) in [5.41, 5.74) is 4.64. The molecular formula is C42H34N2P2+2. The van der Waals surface area contributed by atoms with Gasteiger partial charge in [0.15, 0.2) is 0 Å². The number of hydrogen-bond donors (Lipinski definition) is 0. The largest absolute Gasteiger partial charge is 0.279 e. The third-order valence-electron chi connectivity index (χ3n) is 7.74. The van der Waals surface area contributed by atoms with Crippen molar-refractivity contribution in [1.82, 2.24) is 0 Å². The molecule has 0 amide bonds. The van der Waals surface area contributed by atoms with Crippen LogP contribution < -0.4 is 21.2 Å². The Bertz CT molecular complexity index is 1780. The zero-order chi connectivity index (χ0) is 31.0. The normalized spacial score (nSPS) is 14.8. The summed E-state index contributed by atoms with van der Waals surface area (Å²) in [7, 11) is -1.98. The lowest BCUT2D eigenvalue weighted by Crippen LogP contribution is -2.33. The van der Waals surface area contributed by atoms with Crippen molar-refractivity contribution in [2.24, 2.45) is 0 Å². The summed E-state index contributed by atoms with van der Waals surface area (Å²) in [5, 5.41) is 5.17. The number of benzene rings is 6. The average molecular weight is 629 g/mol. The van der Waals surface area contributed by atoms with Crippen molar-refractivity contribution < 1.29 is 8.69 Å². The van der Waals surface area contributed by atoms with E-state index < -0.39 is 16.1 Å². The Labute approximate surface area is 274 Å². The maximum Gasteiger partial charge on any atom is 0.279 e. The minimum absolute atomic E-state index is 0.991. The van der Waals surface area contributed by atoms with Gasteiger partial charge in [0, 0.05) is 57.6 Å². The molecule has 0 spiro atoms. The molecule has 220 valence electrons. The van der Waals surface area contributed by atoms with E-state index in [-0.39, 0.29) is 0 Å². The predicted molar refractivity (Wildman–Crippen MR) is 199 cm³/mol. The summed E-state index contributed by atoms with van der Waals surface area (Å²) in [6, 6.07) is 65.6. The number of hydrogen-bond acceptors (Lipinski definition) is 0. The number of allylic oxidation sites excluding steroid dienone is 4. The lowest BCUT2D eigenvalue weighted by Gasteiger charge is -2.21. The Morgan fingerprint density at radius 3 is 0.783 bits per heavy atom. The summed E-state index contributed by atoms with van der Waals surface area (Å²) in [5.74, 6) is 0. The molecular weight excluding hydrogens is 594 g/mol. The van der Waals surface area contributed by atoms with Crippen molar-refractivity contribution in [2.45, 2.75) is 0 Å². The van der Waals surface area contributed by atoms with Gasteiger partial charge in [-0.3, -0.25) is 0 Å². The van der Waals surface area contributed by atoms with Crippen LogP contribution in [0.2, 0.25) is 0 Å². The van der Waals surface area contributed by atoms with Crippen molar-refractivity contribution in [3.63, 3.8) is 0 Å². The van der Waals surface area contributed by atoms with E-state index in [2.05, 4.69) is 215 Å². The maximum atomic E-state index is 2.58. The van der Waals surface area contributed by atoms with E-state index in [0.717, 1.165) is 22.8 Å². The molecule has 0 aliphatic heterocycles. The second kappa shape index (κ2) is 14.4. The second-order valence-corrected chi connectivity index (χ2v) is 14.9. The van der Waals surface area contributed by atoms with E-state index in [1.54, 1.807) is 0 Å². The van der Waals surface area contributed by atoms with Gasteiger partial charge in [-0.2, -0.15) is 8.69 Å². The number of nitrogens with zero attached hydrogens (tertiary/aromatic N) is 2. The molecule has 6 aromatic carbocycles. The Morgan fingerprint density at radius 1 is 0.283 bits per heavy atom. The second-order valence-electron chi connectivity index (χ2n) is 10.7. The van der Waals surface area contributed by atoms with Gasteiger partial charge in [0.2, 0.25) is 11.4 Å². The van der Waals surface area contributed by atoms with Crippen LogP contribution in [0.5, 0.6) is 0 Å². The Kier molecular flexibility index (Phi) is 9.30. The number of para-hydroxylation sites is 2. The van der Waals surface area contributed by atoms with Crippen LogP contribution in [0, 0.1) is 0 Å². The van der Waals surface area contributed by atoms with Crippen LogP contribution in [0.1, 0.15) is 0 Å². The van der Waals surface area contributed by atoms with E-state index in [1.807, 2.05) is 0 Å². The molecule has 0 radical (unpaired) electrons. The van der Waals surface area contributed by atoms with Gasteiger partial charge in [0.1, 0.15) is 0 Å². The summed E-state index contributed by atoms with van der Waals surface area (Å²) >= 11 is 0. The molecule has 0 heterocycles. The zero-order valence-electron chi connectivity index (χ0n) is 25.4. The highest BCUT2D eigenvalue weighted by Crippen LogP contribution is 2.44. The molecule has 0 bridgehead atoms. The third-order valence-corrected chi connectivity index (χ3v) is 12.6. The fourth-order valence-electron chi connectivity index (χ4n) is 5.72. The van der Waals surface area contributed by atoms with Gasteiger partial charge in [-0.15, -0.1) is 0 Å². The molecule has 1 aliphatic rings. The monoisotopic (exact) mass is 628 g/mol. The highest BCUT2D eigenvalue weighted by molar-refractivity contribution is 7.68. The van der Waals surface area contributed by atoms with E-state index in [1.165, 1.54) is 21.2 Å². The Balaban J connectivity index is 1.61. The molecule has 0 saturated heterocycles. The SMILES string of the molecule is C1=CC(=[N+](c2ccccc2)P(c2ccccc2)c2ccccc2)C(=[N+](c2ccccc2)P(c2ccccc2)c2ccccc2)C=C1. The van der Waals surface area contributed by atoms with E-state index in [4.69, 9.17) is 0 Å². The maximum absolute atomic E-state index is 2.58. The molecule has 0 unspecified atom stereocenters. The topological polar surface area (TPSA) is 6.02 Å². The Morgan fingerprint density at radius 2 is 0.522 bits per heavy atom. The first kappa shape index (κ1) is 29.7. The molecule has 7 rings (SSSR count). The van der Waals surface area contributed by atoms with E-state index >= 15 is 0 Å². The summed E-state index contributed by atoms with van der Waals surface area (Å²) < 4.78 is 5.16. The van der Waals surface area contributed by atoms with Gasteiger partial charge < -0.3 is 0 Å². The fourth-order valence-corrected chi connectivity index (χ4v) is 10.6. The first-order chi connectivity index (χ1) is 22.9. The van der Waals surface area contributed by atoms with E-state index in [0.29, 0.717) is 0 Å². The minimum atomic E-state index is -0.991. The molecule has 1 aliphatic carbocycles. The smallest absolute Gasteiger partial charge is 0.163 e. The van der Waals surface area contributed by atoms with Crippen LogP contribution in [-0.2, 0) is 0 Å². The molecule has 2 nitrogen and oxygen atoms in total. The minimum Gasteiger partial charge on any atom is -0.163 e. The van der Waals surface area contributed by atoms with Crippen LogP contribution in [0.25, 0.3) is 0 Å². The molecule has 0 atom stereocenters. The highest BCUT2D eigenvalue weighted by atomic mass is 31.1. The Hall–Kier alpha value is -5.00. The summed E-state index contributed by atoms with van der Waals surface area (Å²) in [6.45, 7) is 0. The van der Waals surface area contributed by atoms with Crippen LogP contribution in [0.3, 0.4) is 0 Å². The van der Waals surface area contributed by atoms with Crippen molar-refractivity contribution in [1.29, 1.82) is 0 Å². The van der Waals surface area contributed by atoms with E-state index in [9.17, 15) is 0 Å². The average Bonchev–Trinajstić information content (AvgIpc) is 3.15. The fraction of sp³-hybridized carbons (Fsp3) is 0. The molecule has 0 fully saturated rings. The molecule has 46 heavy (non-hydrogen) atoms. The van der Waals surface area contributed by atoms with Gasteiger partial charge >= 0.3 is 0 Å². The third kappa shape index (κ3) is 6.37. The highest BCUT2D eigenvalue weighted by Gasteiger charge is 2.40. The number of rotatable bonds is 8. The standard InChI is InChI=1S/C42H34N2P2/c1-7-21-35(22-8-1)43(45(37-25-11-3-12-26-37)38-27-13-4-14-28-38)41-33-19-20-34-42(41)44(36-23-9-2-10-24-36)46(39-29-15-5-16-30-39)40-31-17-6-18-32-40/h1-34H/q+2. The van der Waals surface area contributed by atoms with Crippen molar-refractivity contribution in [3.05, 3.63) is 206 Å². The quantitative estimate of drug-likeness (QED) is 0.117. The lowest BCUT2D eigenvalue weighted by molar-refractivity contribution is -0.268. The van der Waals surface area contributed by atoms with Gasteiger partial charge in [0.05, 0.1) is 0 Å². The zero-order valence-corrected chi connectivity index (χ0v) is 27.2. The molecule has 6 aromatic rings. The van der Waals surface area contributed by atoms with Gasteiger partial charge in [-0.25, -0.2) is 0 Å². The van der Waals surface area contributed by atoms with Crippen molar-refractivity contribution >= 4 is 60.2 Å². The van der Waals surface area contributed by atoms with Crippen molar-refractivity contribution in [3.8, 4) is 0 Å². The first-order valence-corrected chi connectivity index (χ1v) is 18.1. The van der Waals surface area contributed by atoms with Crippen LogP contribution in [0.15, 0.2) is 206 Å². The van der Waals surface area contributed by atoms with Gasteiger partial charge in [-0.1, -0.05) is 121 Å². The lowest BCUT2D eigenvalue weighted by atomic mass is 10.1. The van der Waals surface area contributed by atoms with Crippen LogP contribution in [0.4, 0.5) is 11.4 Å². The molecule has 4 heteroatoms. The van der Waals surface area contributed by atoms with Crippen LogP contribution in [-0.4, -0.2) is 20.1 Å². The summed E-state index contributed by atoms with van der Waals surface area (Å²) in [4.78, 5) is 0. The van der Waals surface area contributed by atoms with Crippen LogP contribution >= 0.6 is 16.1 Å². The van der Waals surface area contributed by atoms with Gasteiger partial charge in [-0.05, 0) is 48.5 Å². The molecule has 0 N–H and O–H groups in total. The first-order valence-electron chi connectivity index (χ1n) is 15.5. The molecule has 0 saturated carbocycles. The van der Waals surface area contributed by atoms with Crippen molar-refractivity contribution in [2.75, 3.05) is 0 Å². The summed E-state index contributed by atoms with van der Waals surface area (Å²) in [6.07, 6.45) is 8.94. The van der Waals surface area contributed by atoms with Gasteiger partial charge in [0.25, 0.3) is 27.6 Å².